The van der Waals surface area contributed by atoms with Gasteiger partial charge in [-0.1, -0.05) is 18.2 Å². The van der Waals surface area contributed by atoms with Crippen LogP contribution in [0.3, 0.4) is 0 Å². The average molecular weight is 510 g/mol. The normalized spacial score (nSPS) is 15.4. The zero-order chi connectivity index (χ0) is 20.4. The molecule has 1 N–H and O–H groups in total. The van der Waals surface area contributed by atoms with Gasteiger partial charge in [0.05, 0.1) is 23.4 Å². The molecule has 1 aliphatic heterocycles. The molecule has 0 atom stereocenters. The Labute approximate surface area is 179 Å². The van der Waals surface area contributed by atoms with Crippen LogP contribution in [-0.2, 0) is 9.59 Å². The third-order valence-corrected chi connectivity index (χ3v) is 6.08. The number of hydrogen-bond acceptors (Lipinski definition) is 4. The van der Waals surface area contributed by atoms with Gasteiger partial charge in [-0.05, 0) is 75.5 Å². The molecular weight excluding hydrogens is 492 g/mol. The summed E-state index contributed by atoms with van der Waals surface area (Å²) < 4.78 is 12.5. The maximum absolute atomic E-state index is 12.8. The topological polar surface area (TPSA) is 67.9 Å². The Hall–Kier alpha value is -2.32. The lowest BCUT2D eigenvalue weighted by atomic mass is 10.1. The van der Waals surface area contributed by atoms with Gasteiger partial charge in [-0.15, -0.1) is 0 Å². The van der Waals surface area contributed by atoms with E-state index < -0.39 is 11.8 Å². The lowest BCUT2D eigenvalue weighted by Gasteiger charge is -2.17. The number of benzene rings is 2. The summed E-state index contributed by atoms with van der Waals surface area (Å²) in [6.45, 7) is 3.82. The van der Waals surface area contributed by atoms with E-state index in [4.69, 9.17) is 9.47 Å². The summed E-state index contributed by atoms with van der Waals surface area (Å²) in [5.74, 6) is 0.125. The monoisotopic (exact) mass is 508 g/mol. The second kappa shape index (κ2) is 8.36. The summed E-state index contributed by atoms with van der Waals surface area (Å²) in [4.78, 5) is 25.2. The van der Waals surface area contributed by atoms with Gasteiger partial charge in [-0.2, -0.15) is 0 Å². The molecule has 2 amide bonds. The average Bonchev–Trinajstić information content (AvgIpc) is 2.96. The molecule has 3 rings (SSSR count). The van der Waals surface area contributed by atoms with Crippen LogP contribution in [0.25, 0.3) is 6.08 Å². The molecule has 1 aliphatic rings. The number of carbonyl (C=O) groups is 2. The first-order chi connectivity index (χ1) is 13.3. The van der Waals surface area contributed by atoms with Crippen LogP contribution < -0.4 is 19.9 Å². The standard InChI is InChI=1S/C20H18Br2N2O4/c1-11(2)28-18-15(27-3)10-12(16(21)17(18)22)9-14-19(25)23-24(20(14)26)13-7-5-4-6-8-13/h4-11H,1-3H3,(H,23,25)/b14-9-. The molecule has 0 bridgehead atoms. The molecule has 146 valence electrons. The van der Waals surface area contributed by atoms with Gasteiger partial charge >= 0.3 is 0 Å². The van der Waals surface area contributed by atoms with Crippen LogP contribution in [-0.4, -0.2) is 25.0 Å². The Morgan fingerprint density at radius 1 is 1.11 bits per heavy atom. The molecule has 0 radical (unpaired) electrons. The van der Waals surface area contributed by atoms with E-state index in [1.807, 2.05) is 19.9 Å². The number of anilines is 1. The van der Waals surface area contributed by atoms with Crippen LogP contribution in [0.1, 0.15) is 19.4 Å². The van der Waals surface area contributed by atoms with Crippen LogP contribution in [0.4, 0.5) is 5.69 Å². The lowest BCUT2D eigenvalue weighted by molar-refractivity contribution is -0.117. The summed E-state index contributed by atoms with van der Waals surface area (Å²) in [6, 6.07) is 10.6. The molecule has 1 saturated heterocycles. The van der Waals surface area contributed by atoms with Crippen LogP contribution in [0.2, 0.25) is 0 Å². The maximum atomic E-state index is 12.8. The van der Waals surface area contributed by atoms with Crippen LogP contribution in [0, 0.1) is 0 Å². The third kappa shape index (κ3) is 3.93. The molecule has 2 aromatic rings. The minimum absolute atomic E-state index is 0.0241. The van der Waals surface area contributed by atoms with Crippen molar-refractivity contribution in [3.05, 3.63) is 56.5 Å². The molecule has 0 aromatic heterocycles. The molecule has 1 fully saturated rings. The second-order valence-electron chi connectivity index (χ2n) is 6.27. The second-order valence-corrected chi connectivity index (χ2v) is 7.85. The summed E-state index contributed by atoms with van der Waals surface area (Å²) in [7, 11) is 1.53. The van der Waals surface area contributed by atoms with Gasteiger partial charge in [0.2, 0.25) is 0 Å². The summed E-state index contributed by atoms with van der Waals surface area (Å²) in [5.41, 5.74) is 3.80. The molecule has 0 unspecified atom stereocenters. The number of ether oxygens (including phenoxy) is 2. The first kappa shape index (κ1) is 20.4. The van der Waals surface area contributed by atoms with Crippen molar-refractivity contribution in [3.8, 4) is 11.5 Å². The van der Waals surface area contributed by atoms with Gasteiger partial charge in [-0.25, -0.2) is 5.01 Å². The van der Waals surface area contributed by atoms with Crippen molar-refractivity contribution in [3.63, 3.8) is 0 Å². The number of methoxy groups -OCH3 is 1. The number of nitrogens with zero attached hydrogens (tertiary/aromatic N) is 1. The van der Waals surface area contributed by atoms with E-state index in [1.165, 1.54) is 18.2 Å². The van der Waals surface area contributed by atoms with E-state index in [1.54, 1.807) is 30.3 Å². The highest BCUT2D eigenvalue weighted by Crippen LogP contribution is 2.44. The molecule has 2 aromatic carbocycles. The molecule has 8 heteroatoms. The van der Waals surface area contributed by atoms with Crippen molar-refractivity contribution in [1.29, 1.82) is 0 Å². The Balaban J connectivity index is 2.02. The Morgan fingerprint density at radius 2 is 1.79 bits per heavy atom. The third-order valence-electron chi connectivity index (χ3n) is 3.94. The molecule has 1 heterocycles. The fraction of sp³-hybridized carbons (Fsp3) is 0.200. The highest BCUT2D eigenvalue weighted by molar-refractivity contribution is 9.13. The van der Waals surface area contributed by atoms with E-state index in [0.717, 1.165) is 0 Å². The number of halogens is 2. The highest BCUT2D eigenvalue weighted by atomic mass is 79.9. The van der Waals surface area contributed by atoms with Gasteiger partial charge < -0.3 is 9.47 Å². The molecule has 28 heavy (non-hydrogen) atoms. The number of rotatable bonds is 5. The predicted molar refractivity (Wildman–Crippen MR) is 114 cm³/mol. The molecule has 0 saturated carbocycles. The zero-order valence-corrected chi connectivity index (χ0v) is 18.6. The first-order valence-corrected chi connectivity index (χ1v) is 10.1. The minimum Gasteiger partial charge on any atom is -0.493 e. The van der Waals surface area contributed by atoms with Gasteiger partial charge in [0.15, 0.2) is 11.5 Å². The van der Waals surface area contributed by atoms with E-state index >= 15 is 0 Å². The summed E-state index contributed by atoms with van der Waals surface area (Å²) in [6.07, 6.45) is 1.47. The predicted octanol–water partition coefficient (Wildman–Crippen LogP) is 4.47. The number of amides is 2. The van der Waals surface area contributed by atoms with E-state index in [-0.39, 0.29) is 11.7 Å². The Morgan fingerprint density at radius 3 is 2.39 bits per heavy atom. The summed E-state index contributed by atoms with van der Waals surface area (Å²) in [5, 5.41) is 1.23. The Bertz CT molecular complexity index is 958. The van der Waals surface area contributed by atoms with E-state index in [9.17, 15) is 9.59 Å². The minimum atomic E-state index is -0.474. The van der Waals surface area contributed by atoms with Crippen molar-refractivity contribution in [1.82, 2.24) is 5.43 Å². The molecule has 6 nitrogen and oxygen atoms in total. The van der Waals surface area contributed by atoms with Gasteiger partial charge in [0.1, 0.15) is 5.57 Å². The van der Waals surface area contributed by atoms with Gasteiger partial charge in [0, 0.05) is 4.47 Å². The van der Waals surface area contributed by atoms with Crippen LogP contribution >= 0.6 is 31.9 Å². The van der Waals surface area contributed by atoms with Crippen molar-refractivity contribution >= 4 is 55.4 Å². The molecular formula is C20H18Br2N2O4. The zero-order valence-electron chi connectivity index (χ0n) is 15.5. The van der Waals surface area contributed by atoms with E-state index in [0.29, 0.717) is 31.7 Å². The maximum Gasteiger partial charge on any atom is 0.282 e. The number of nitrogens with one attached hydrogen (secondary N) is 1. The fourth-order valence-corrected chi connectivity index (χ4v) is 3.61. The lowest BCUT2D eigenvalue weighted by Crippen LogP contribution is -2.35. The van der Waals surface area contributed by atoms with Crippen LogP contribution in [0.15, 0.2) is 50.9 Å². The Kier molecular flexibility index (Phi) is 6.10. The molecule has 0 spiro atoms. The van der Waals surface area contributed by atoms with Crippen molar-refractivity contribution in [2.24, 2.45) is 0 Å². The number of carbonyl (C=O) groups excluding carboxylic acids is 2. The van der Waals surface area contributed by atoms with Crippen molar-refractivity contribution in [2.45, 2.75) is 20.0 Å². The number of hydrazine groups is 1. The number of hydrogen-bond donors (Lipinski definition) is 1. The van der Waals surface area contributed by atoms with Crippen molar-refractivity contribution < 1.29 is 19.1 Å². The van der Waals surface area contributed by atoms with E-state index in [2.05, 4.69) is 37.3 Å². The van der Waals surface area contributed by atoms with Crippen molar-refractivity contribution in [2.75, 3.05) is 12.1 Å². The fourth-order valence-electron chi connectivity index (χ4n) is 2.68. The van der Waals surface area contributed by atoms with Crippen LogP contribution in [0.5, 0.6) is 11.5 Å². The van der Waals surface area contributed by atoms with Gasteiger partial charge in [-0.3, -0.25) is 15.0 Å². The SMILES string of the molecule is COc1cc(/C=C2/C(=O)NN(c3ccccc3)C2=O)c(Br)c(Br)c1OC(C)C. The smallest absolute Gasteiger partial charge is 0.282 e. The molecule has 0 aliphatic carbocycles. The highest BCUT2D eigenvalue weighted by Gasteiger charge is 2.34. The quantitative estimate of drug-likeness (QED) is 0.477. The number of para-hydroxylation sites is 1. The summed E-state index contributed by atoms with van der Waals surface area (Å²) >= 11 is 7.01. The largest absolute Gasteiger partial charge is 0.493 e. The first-order valence-electron chi connectivity index (χ1n) is 8.48. The van der Waals surface area contributed by atoms with Gasteiger partial charge in [0.25, 0.3) is 11.8 Å².